The average molecular weight is 289 g/mol. The van der Waals surface area contributed by atoms with Crippen molar-refractivity contribution in [2.24, 2.45) is 0 Å². The molecule has 2 aromatic rings. The van der Waals surface area contributed by atoms with Crippen LogP contribution in [-0.4, -0.2) is 17.1 Å². The summed E-state index contributed by atoms with van der Waals surface area (Å²) in [5, 5.41) is 12.7. The highest BCUT2D eigenvalue weighted by Gasteiger charge is 2.32. The smallest absolute Gasteiger partial charge is 0.251 e. The van der Waals surface area contributed by atoms with E-state index in [1.807, 2.05) is 24.3 Å². The van der Waals surface area contributed by atoms with E-state index in [-0.39, 0.29) is 5.56 Å². The number of hydrogen-bond donors (Lipinski definition) is 2. The molecule has 108 valence electrons. The van der Waals surface area contributed by atoms with E-state index >= 15 is 0 Å². The summed E-state index contributed by atoms with van der Waals surface area (Å²) >= 11 is 0. The zero-order valence-electron chi connectivity index (χ0n) is 11.0. The lowest BCUT2D eigenvalue weighted by atomic mass is 10.1. The monoisotopic (exact) mass is 289 g/mol. The van der Waals surface area contributed by atoms with Gasteiger partial charge in [-0.05, 0) is 29.3 Å². The van der Waals surface area contributed by atoms with E-state index in [0.717, 1.165) is 23.3 Å². The Kier molecular flexibility index (Phi) is 3.43. The van der Waals surface area contributed by atoms with Gasteiger partial charge >= 0.3 is 0 Å². The molecule has 21 heavy (non-hydrogen) atoms. The first-order chi connectivity index (χ1) is 10.1. The molecule has 1 amide bonds. The molecule has 0 radical (unpaired) electrons. The third kappa shape index (κ3) is 2.52. The summed E-state index contributed by atoms with van der Waals surface area (Å²) in [5.74, 6) is -2.62. The number of nitrogens with one attached hydrogen (secondary N) is 1. The summed E-state index contributed by atoms with van der Waals surface area (Å²) < 4.78 is 26.0. The molecule has 0 aromatic heterocycles. The molecule has 3 rings (SSSR count). The summed E-state index contributed by atoms with van der Waals surface area (Å²) in [6.07, 6.45) is -0.268. The van der Waals surface area contributed by atoms with E-state index in [2.05, 4.69) is 5.32 Å². The minimum atomic E-state index is -1.07. The number of benzene rings is 2. The van der Waals surface area contributed by atoms with Gasteiger partial charge in [-0.3, -0.25) is 4.79 Å². The number of halogens is 2. The van der Waals surface area contributed by atoms with Gasteiger partial charge in [0.25, 0.3) is 5.91 Å². The molecule has 0 spiro atoms. The first-order valence-corrected chi connectivity index (χ1v) is 6.58. The highest BCUT2D eigenvalue weighted by Crippen LogP contribution is 2.31. The van der Waals surface area contributed by atoms with E-state index in [4.69, 9.17) is 0 Å². The molecular weight excluding hydrogens is 276 g/mol. The second kappa shape index (κ2) is 5.26. The van der Waals surface area contributed by atoms with Gasteiger partial charge < -0.3 is 10.4 Å². The van der Waals surface area contributed by atoms with Crippen molar-refractivity contribution in [2.75, 3.05) is 0 Å². The second-order valence-corrected chi connectivity index (χ2v) is 5.05. The number of carbonyl (C=O) groups excluding carboxylic acids is 1. The van der Waals surface area contributed by atoms with Crippen molar-refractivity contribution in [3.05, 3.63) is 70.8 Å². The van der Waals surface area contributed by atoms with Gasteiger partial charge in [-0.1, -0.05) is 24.3 Å². The van der Waals surface area contributed by atoms with Crippen LogP contribution in [-0.2, 0) is 6.42 Å². The van der Waals surface area contributed by atoms with Crippen LogP contribution in [0.2, 0.25) is 0 Å². The lowest BCUT2D eigenvalue weighted by molar-refractivity contribution is 0.0857. The fourth-order valence-corrected chi connectivity index (χ4v) is 2.61. The third-order valence-corrected chi connectivity index (χ3v) is 3.67. The Morgan fingerprint density at radius 3 is 2.67 bits per heavy atom. The normalized spacial score (nSPS) is 20.1. The molecule has 0 bridgehead atoms. The zero-order valence-corrected chi connectivity index (χ0v) is 11.0. The molecule has 0 aliphatic heterocycles. The predicted octanol–water partition coefficient (Wildman–Crippen LogP) is 2.35. The summed E-state index contributed by atoms with van der Waals surface area (Å²) in [6, 6.07) is 9.84. The largest absolute Gasteiger partial charge is 0.390 e. The van der Waals surface area contributed by atoms with Gasteiger partial charge in [-0.25, -0.2) is 8.78 Å². The van der Waals surface area contributed by atoms with Crippen molar-refractivity contribution in [1.29, 1.82) is 0 Å². The maximum absolute atomic E-state index is 13.2. The predicted molar refractivity (Wildman–Crippen MR) is 72.7 cm³/mol. The van der Waals surface area contributed by atoms with E-state index in [9.17, 15) is 18.7 Å². The highest BCUT2D eigenvalue weighted by molar-refractivity contribution is 5.94. The number of hydrogen-bond acceptors (Lipinski definition) is 2. The lowest BCUT2D eigenvalue weighted by Gasteiger charge is -2.18. The van der Waals surface area contributed by atoms with Crippen LogP contribution in [0, 0.1) is 11.6 Å². The van der Waals surface area contributed by atoms with Crippen LogP contribution in [0.3, 0.4) is 0 Å². The van der Waals surface area contributed by atoms with E-state index in [1.54, 1.807) is 0 Å². The standard InChI is InChI=1S/C16H13F2NO2/c17-12-6-5-10(7-13(12)18)16(21)19-15-11-4-2-1-3-9(11)8-14(15)20/h1-7,14-15,20H,8H2,(H,19,21). The number of carbonyl (C=O) groups is 1. The van der Waals surface area contributed by atoms with Gasteiger partial charge in [-0.2, -0.15) is 0 Å². The Hall–Kier alpha value is -2.27. The topological polar surface area (TPSA) is 49.3 Å². The van der Waals surface area contributed by atoms with Gasteiger partial charge in [-0.15, -0.1) is 0 Å². The minimum Gasteiger partial charge on any atom is -0.390 e. The molecule has 5 heteroatoms. The third-order valence-electron chi connectivity index (χ3n) is 3.67. The Morgan fingerprint density at radius 2 is 1.90 bits per heavy atom. The molecule has 2 aromatic carbocycles. The maximum atomic E-state index is 13.2. The van der Waals surface area contributed by atoms with E-state index < -0.39 is 29.7 Å². The van der Waals surface area contributed by atoms with Crippen LogP contribution in [0.4, 0.5) is 8.78 Å². The molecule has 1 aliphatic carbocycles. The Balaban J connectivity index is 1.83. The van der Waals surface area contributed by atoms with Gasteiger partial charge in [0.2, 0.25) is 0 Å². The van der Waals surface area contributed by atoms with Gasteiger partial charge in [0.1, 0.15) is 0 Å². The number of fused-ring (bicyclic) bond motifs is 1. The van der Waals surface area contributed by atoms with Crippen molar-refractivity contribution >= 4 is 5.91 Å². The first kappa shape index (κ1) is 13.7. The number of aliphatic hydroxyl groups excluding tert-OH is 1. The van der Waals surface area contributed by atoms with Crippen LogP contribution in [0.25, 0.3) is 0 Å². The van der Waals surface area contributed by atoms with Crippen LogP contribution in [0.1, 0.15) is 27.5 Å². The average Bonchev–Trinajstić information content (AvgIpc) is 2.78. The molecule has 0 saturated heterocycles. The number of rotatable bonds is 2. The summed E-state index contributed by atoms with van der Waals surface area (Å²) in [6.45, 7) is 0. The van der Waals surface area contributed by atoms with E-state index in [0.29, 0.717) is 6.42 Å². The molecule has 0 fully saturated rings. The van der Waals surface area contributed by atoms with Crippen molar-refractivity contribution in [1.82, 2.24) is 5.32 Å². The minimum absolute atomic E-state index is 0.0190. The Labute approximate surface area is 120 Å². The van der Waals surface area contributed by atoms with Crippen LogP contribution >= 0.6 is 0 Å². The molecule has 0 saturated carbocycles. The van der Waals surface area contributed by atoms with Crippen molar-refractivity contribution in [3.63, 3.8) is 0 Å². The van der Waals surface area contributed by atoms with Gasteiger partial charge in [0.15, 0.2) is 11.6 Å². The maximum Gasteiger partial charge on any atom is 0.251 e. The SMILES string of the molecule is O=C(NC1c2ccccc2CC1O)c1ccc(F)c(F)c1. The van der Waals surface area contributed by atoms with Crippen LogP contribution in [0.5, 0.6) is 0 Å². The van der Waals surface area contributed by atoms with Crippen molar-refractivity contribution in [3.8, 4) is 0 Å². The Morgan fingerprint density at radius 1 is 1.14 bits per heavy atom. The van der Waals surface area contributed by atoms with Crippen molar-refractivity contribution in [2.45, 2.75) is 18.6 Å². The van der Waals surface area contributed by atoms with Gasteiger partial charge in [0.05, 0.1) is 12.1 Å². The molecular formula is C16H13F2NO2. The lowest BCUT2D eigenvalue weighted by Crippen LogP contribution is -2.33. The fraction of sp³-hybridized carbons (Fsp3) is 0.188. The molecule has 2 N–H and O–H groups in total. The zero-order chi connectivity index (χ0) is 15.0. The van der Waals surface area contributed by atoms with Crippen molar-refractivity contribution < 1.29 is 18.7 Å². The summed E-state index contributed by atoms with van der Waals surface area (Å²) in [7, 11) is 0. The number of aliphatic hydroxyl groups is 1. The quantitative estimate of drug-likeness (QED) is 0.891. The van der Waals surface area contributed by atoms with Gasteiger partial charge in [0, 0.05) is 12.0 Å². The molecule has 2 unspecified atom stereocenters. The molecule has 0 heterocycles. The highest BCUT2D eigenvalue weighted by atomic mass is 19.2. The van der Waals surface area contributed by atoms with E-state index in [1.165, 1.54) is 6.07 Å². The Bertz CT molecular complexity index is 702. The van der Waals surface area contributed by atoms with Crippen LogP contribution in [0.15, 0.2) is 42.5 Å². The summed E-state index contributed by atoms with van der Waals surface area (Å²) in [5.41, 5.74) is 1.84. The fourth-order valence-electron chi connectivity index (χ4n) is 2.61. The first-order valence-electron chi connectivity index (χ1n) is 6.58. The second-order valence-electron chi connectivity index (χ2n) is 5.05. The molecule has 3 nitrogen and oxygen atoms in total. The molecule has 2 atom stereocenters. The van der Waals surface area contributed by atoms with Crippen LogP contribution < -0.4 is 5.32 Å². The number of amides is 1. The molecule has 1 aliphatic rings. The summed E-state index contributed by atoms with van der Waals surface area (Å²) in [4.78, 5) is 12.1.